The highest BCUT2D eigenvalue weighted by Crippen LogP contribution is 2.43. The fourth-order valence-corrected chi connectivity index (χ4v) is 4.58. The van der Waals surface area contributed by atoms with Crippen LogP contribution in [0.15, 0.2) is 18.2 Å². The summed E-state index contributed by atoms with van der Waals surface area (Å²) in [6.45, 7) is 7.22. The van der Waals surface area contributed by atoms with Crippen LogP contribution < -0.4 is 0 Å². The molecule has 1 aromatic rings. The quantitative estimate of drug-likeness (QED) is 0.760. The van der Waals surface area contributed by atoms with Crippen molar-refractivity contribution < 1.29 is 0 Å². The number of benzene rings is 1. The first-order chi connectivity index (χ1) is 9.85. The van der Waals surface area contributed by atoms with Crippen LogP contribution in [0.1, 0.15) is 68.6 Å². The van der Waals surface area contributed by atoms with Gasteiger partial charge < -0.3 is 0 Å². The molecule has 1 nitrogen and oxygen atoms in total. The van der Waals surface area contributed by atoms with E-state index in [0.717, 1.165) is 12.0 Å². The molecule has 20 heavy (non-hydrogen) atoms. The van der Waals surface area contributed by atoms with Gasteiger partial charge >= 0.3 is 0 Å². The van der Waals surface area contributed by atoms with Gasteiger partial charge in [-0.25, -0.2) is 0 Å². The smallest absolute Gasteiger partial charge is 0.0167 e. The van der Waals surface area contributed by atoms with E-state index in [0.29, 0.717) is 0 Å². The summed E-state index contributed by atoms with van der Waals surface area (Å²) in [6, 6.07) is 7.87. The second-order valence-electron chi connectivity index (χ2n) is 6.63. The van der Waals surface area contributed by atoms with Crippen molar-refractivity contribution in [3.05, 3.63) is 34.9 Å². The molecule has 0 radical (unpaired) electrons. The van der Waals surface area contributed by atoms with Crippen molar-refractivity contribution in [3.63, 3.8) is 0 Å². The molecule has 0 heterocycles. The van der Waals surface area contributed by atoms with Crippen LogP contribution in [0.25, 0.3) is 0 Å². The predicted molar refractivity (Wildman–Crippen MR) is 86.4 cm³/mol. The molecule has 0 bridgehead atoms. The highest BCUT2D eigenvalue weighted by atomic mass is 15.2. The maximum absolute atomic E-state index is 2.80. The molecule has 3 rings (SSSR count). The largest absolute Gasteiger partial charge is 0.300 e. The molecule has 110 valence electrons. The van der Waals surface area contributed by atoms with E-state index in [4.69, 9.17) is 0 Å². The van der Waals surface area contributed by atoms with Gasteiger partial charge in [0.25, 0.3) is 0 Å². The average Bonchev–Trinajstić information content (AvgIpc) is 2.48. The van der Waals surface area contributed by atoms with Crippen molar-refractivity contribution in [2.75, 3.05) is 13.1 Å². The Morgan fingerprint density at radius 2 is 1.70 bits per heavy atom. The summed E-state index contributed by atoms with van der Waals surface area (Å²) in [6.07, 6.45) is 9.38. The van der Waals surface area contributed by atoms with Gasteiger partial charge in [0.2, 0.25) is 0 Å². The van der Waals surface area contributed by atoms with Crippen LogP contribution in [0.3, 0.4) is 0 Å². The molecule has 0 N–H and O–H groups in total. The normalized spacial score (nSPS) is 24.8. The molecule has 1 heteroatoms. The molecule has 0 spiro atoms. The lowest BCUT2D eigenvalue weighted by Gasteiger charge is -2.44. The minimum absolute atomic E-state index is 0.809. The molecule has 2 aliphatic rings. The predicted octanol–water partition coefficient (Wildman–Crippen LogP) is 4.54. The summed E-state index contributed by atoms with van der Waals surface area (Å²) < 4.78 is 0. The van der Waals surface area contributed by atoms with Crippen LogP contribution in [-0.4, -0.2) is 24.0 Å². The summed E-state index contributed by atoms with van der Waals surface area (Å²) in [5, 5.41) is 0. The van der Waals surface area contributed by atoms with Crippen molar-refractivity contribution in [1.82, 2.24) is 4.90 Å². The minimum atomic E-state index is 0.809. The number of hydrogen-bond donors (Lipinski definition) is 0. The second kappa shape index (κ2) is 6.30. The average molecular weight is 271 g/mol. The SMILES string of the molecule is CCCN(CCC)C1CCc2cccc3c2C1CCC3. The van der Waals surface area contributed by atoms with Gasteiger partial charge in [-0.05, 0) is 74.7 Å². The van der Waals surface area contributed by atoms with Crippen molar-refractivity contribution >= 4 is 0 Å². The Balaban J connectivity index is 1.90. The zero-order chi connectivity index (χ0) is 13.9. The van der Waals surface area contributed by atoms with Gasteiger partial charge in [0.15, 0.2) is 0 Å². The number of hydrogen-bond acceptors (Lipinski definition) is 1. The summed E-state index contributed by atoms with van der Waals surface area (Å²) >= 11 is 0. The molecule has 0 aliphatic heterocycles. The van der Waals surface area contributed by atoms with Crippen LogP contribution in [0.5, 0.6) is 0 Å². The van der Waals surface area contributed by atoms with Gasteiger partial charge in [0.1, 0.15) is 0 Å². The maximum Gasteiger partial charge on any atom is 0.0167 e. The van der Waals surface area contributed by atoms with Crippen molar-refractivity contribution in [3.8, 4) is 0 Å². The standard InChI is InChI=1S/C19H29N/c1-3-13-20(14-4-2)18-12-11-16-8-5-7-15-9-6-10-17(18)19(15)16/h5,7-8,17-18H,3-4,6,9-14H2,1-2H3. The van der Waals surface area contributed by atoms with Gasteiger partial charge in [-0.15, -0.1) is 0 Å². The molecule has 0 saturated carbocycles. The first-order valence-electron chi connectivity index (χ1n) is 8.69. The van der Waals surface area contributed by atoms with E-state index in [1.807, 2.05) is 0 Å². The van der Waals surface area contributed by atoms with E-state index in [2.05, 4.69) is 36.9 Å². The highest BCUT2D eigenvalue weighted by Gasteiger charge is 2.35. The Bertz CT molecular complexity index is 431. The third-order valence-electron chi connectivity index (χ3n) is 5.28. The minimum Gasteiger partial charge on any atom is -0.300 e. The van der Waals surface area contributed by atoms with Crippen molar-refractivity contribution in [2.24, 2.45) is 0 Å². The van der Waals surface area contributed by atoms with Crippen LogP contribution >= 0.6 is 0 Å². The van der Waals surface area contributed by atoms with E-state index in [1.165, 1.54) is 58.0 Å². The Morgan fingerprint density at radius 3 is 2.40 bits per heavy atom. The highest BCUT2D eigenvalue weighted by molar-refractivity contribution is 5.42. The van der Waals surface area contributed by atoms with Gasteiger partial charge in [-0.2, -0.15) is 0 Å². The third-order valence-corrected chi connectivity index (χ3v) is 5.28. The number of aryl methyl sites for hydroxylation is 2. The lowest BCUT2D eigenvalue weighted by Crippen LogP contribution is -2.44. The molecule has 2 aliphatic carbocycles. The van der Waals surface area contributed by atoms with Gasteiger partial charge in [-0.1, -0.05) is 32.0 Å². The molecule has 2 unspecified atom stereocenters. The zero-order valence-electron chi connectivity index (χ0n) is 13.2. The Hall–Kier alpha value is -0.820. The van der Waals surface area contributed by atoms with Crippen LogP contribution in [0.2, 0.25) is 0 Å². The molecule has 0 amide bonds. The molecule has 2 atom stereocenters. The Labute approximate surface area is 124 Å². The summed E-state index contributed by atoms with van der Waals surface area (Å²) in [4.78, 5) is 2.80. The first-order valence-corrected chi connectivity index (χ1v) is 8.69. The van der Waals surface area contributed by atoms with Crippen LogP contribution in [0.4, 0.5) is 0 Å². The van der Waals surface area contributed by atoms with E-state index in [-0.39, 0.29) is 0 Å². The van der Waals surface area contributed by atoms with Crippen molar-refractivity contribution in [1.29, 1.82) is 0 Å². The van der Waals surface area contributed by atoms with Gasteiger partial charge in [-0.3, -0.25) is 4.90 Å². The Morgan fingerprint density at radius 1 is 1.00 bits per heavy atom. The van der Waals surface area contributed by atoms with Crippen LogP contribution in [-0.2, 0) is 12.8 Å². The molecule has 1 aromatic carbocycles. The summed E-state index contributed by atoms with van der Waals surface area (Å²) in [7, 11) is 0. The summed E-state index contributed by atoms with van der Waals surface area (Å²) in [5.41, 5.74) is 5.08. The lowest BCUT2D eigenvalue weighted by atomic mass is 9.70. The fourth-order valence-electron chi connectivity index (χ4n) is 4.58. The lowest BCUT2D eigenvalue weighted by molar-refractivity contribution is 0.145. The number of rotatable bonds is 5. The molecule has 0 aromatic heterocycles. The number of nitrogens with zero attached hydrogens (tertiary/aromatic N) is 1. The van der Waals surface area contributed by atoms with E-state index >= 15 is 0 Å². The first kappa shape index (κ1) is 14.1. The van der Waals surface area contributed by atoms with E-state index in [9.17, 15) is 0 Å². The van der Waals surface area contributed by atoms with Gasteiger partial charge in [0, 0.05) is 12.0 Å². The molecular weight excluding hydrogens is 242 g/mol. The van der Waals surface area contributed by atoms with E-state index in [1.54, 1.807) is 16.7 Å². The topological polar surface area (TPSA) is 3.24 Å². The fraction of sp³-hybridized carbons (Fsp3) is 0.684. The zero-order valence-corrected chi connectivity index (χ0v) is 13.2. The monoisotopic (exact) mass is 271 g/mol. The van der Waals surface area contributed by atoms with Crippen molar-refractivity contribution in [2.45, 2.75) is 70.8 Å². The van der Waals surface area contributed by atoms with Gasteiger partial charge in [0.05, 0.1) is 0 Å². The van der Waals surface area contributed by atoms with Crippen LogP contribution in [0, 0.1) is 0 Å². The molecular formula is C19H29N. The Kier molecular flexibility index (Phi) is 4.45. The summed E-state index contributed by atoms with van der Waals surface area (Å²) in [5.74, 6) is 0.821. The third kappa shape index (κ3) is 2.53. The maximum atomic E-state index is 2.80. The second-order valence-corrected chi connectivity index (χ2v) is 6.63. The van der Waals surface area contributed by atoms with E-state index < -0.39 is 0 Å². The molecule has 0 saturated heterocycles. The molecule has 0 fully saturated rings.